The lowest BCUT2D eigenvalue weighted by molar-refractivity contribution is -0.137. The highest BCUT2D eigenvalue weighted by molar-refractivity contribution is 6.04. The SMILES string of the molecule is CC(N)c1nc(-c2ccc(C(=O)Nc3cc(C(F)(F)F)ccn3)cc2)c2c(N)nccn12. The summed E-state index contributed by atoms with van der Waals surface area (Å²) in [7, 11) is 0. The maximum absolute atomic E-state index is 12.9. The second-order valence-corrected chi connectivity index (χ2v) is 7.10. The Labute approximate surface area is 180 Å². The molecule has 0 radical (unpaired) electrons. The number of alkyl halides is 3. The standard InChI is InChI=1S/C21H18F3N7O/c1-11(25)19-30-16(17-18(26)28-8-9-31(17)19)12-2-4-13(5-3-12)20(32)29-15-10-14(6-7-27-15)21(22,23)24/h2-11H,25H2,1H3,(H2,26,28)(H,27,29,32). The van der Waals surface area contributed by atoms with Crippen molar-refractivity contribution in [2.75, 3.05) is 11.1 Å². The summed E-state index contributed by atoms with van der Waals surface area (Å²) in [4.78, 5) is 25.0. The van der Waals surface area contributed by atoms with Gasteiger partial charge in [-0.25, -0.2) is 15.0 Å². The first kappa shape index (κ1) is 21.2. The number of carbonyl (C=O) groups is 1. The molecule has 32 heavy (non-hydrogen) atoms. The van der Waals surface area contributed by atoms with Gasteiger partial charge in [0.05, 0.1) is 11.6 Å². The molecule has 4 aromatic rings. The molecule has 164 valence electrons. The molecule has 0 saturated carbocycles. The van der Waals surface area contributed by atoms with E-state index in [-0.39, 0.29) is 23.2 Å². The first-order valence-corrected chi connectivity index (χ1v) is 9.48. The average molecular weight is 441 g/mol. The van der Waals surface area contributed by atoms with Crippen LogP contribution in [0, 0.1) is 0 Å². The number of amides is 1. The van der Waals surface area contributed by atoms with Crippen molar-refractivity contribution >= 4 is 23.1 Å². The van der Waals surface area contributed by atoms with Gasteiger partial charge in [-0.1, -0.05) is 12.1 Å². The molecule has 1 aromatic carbocycles. The summed E-state index contributed by atoms with van der Waals surface area (Å²) in [5, 5.41) is 2.37. The van der Waals surface area contributed by atoms with Crippen LogP contribution < -0.4 is 16.8 Å². The molecule has 8 nitrogen and oxygen atoms in total. The molecule has 1 unspecified atom stereocenters. The van der Waals surface area contributed by atoms with Crippen LogP contribution in [0.15, 0.2) is 55.0 Å². The number of anilines is 2. The van der Waals surface area contributed by atoms with Crippen molar-refractivity contribution in [2.45, 2.75) is 19.1 Å². The van der Waals surface area contributed by atoms with Crippen LogP contribution in [0.3, 0.4) is 0 Å². The van der Waals surface area contributed by atoms with E-state index in [1.54, 1.807) is 35.9 Å². The maximum atomic E-state index is 12.9. The number of rotatable bonds is 4. The van der Waals surface area contributed by atoms with E-state index in [2.05, 4.69) is 20.3 Å². The zero-order chi connectivity index (χ0) is 23.0. The number of nitrogens with two attached hydrogens (primary N) is 2. The van der Waals surface area contributed by atoms with Crippen LogP contribution in [0.5, 0.6) is 0 Å². The molecule has 11 heteroatoms. The van der Waals surface area contributed by atoms with Gasteiger partial charge in [-0.3, -0.25) is 9.20 Å². The van der Waals surface area contributed by atoms with Crippen molar-refractivity contribution in [3.05, 3.63) is 71.9 Å². The van der Waals surface area contributed by atoms with E-state index in [9.17, 15) is 18.0 Å². The van der Waals surface area contributed by atoms with Crippen LogP contribution in [-0.4, -0.2) is 25.3 Å². The fourth-order valence-corrected chi connectivity index (χ4v) is 3.25. The highest BCUT2D eigenvalue weighted by Crippen LogP contribution is 2.31. The summed E-state index contributed by atoms with van der Waals surface area (Å²) >= 11 is 0. The Bertz CT molecular complexity index is 1300. The molecule has 0 aliphatic heterocycles. The monoisotopic (exact) mass is 441 g/mol. The molecule has 3 heterocycles. The van der Waals surface area contributed by atoms with E-state index in [0.29, 0.717) is 22.6 Å². The smallest absolute Gasteiger partial charge is 0.382 e. The average Bonchev–Trinajstić information content (AvgIpc) is 3.15. The highest BCUT2D eigenvalue weighted by Gasteiger charge is 2.31. The van der Waals surface area contributed by atoms with Crippen LogP contribution in [0.25, 0.3) is 16.8 Å². The second kappa shape index (κ2) is 7.93. The molecule has 0 aliphatic carbocycles. The van der Waals surface area contributed by atoms with Crippen molar-refractivity contribution in [1.82, 2.24) is 19.4 Å². The predicted molar refractivity (Wildman–Crippen MR) is 113 cm³/mol. The predicted octanol–water partition coefficient (Wildman–Crippen LogP) is 3.66. The molecule has 0 saturated heterocycles. The van der Waals surface area contributed by atoms with Crippen LogP contribution in [0.4, 0.5) is 24.8 Å². The van der Waals surface area contributed by atoms with Crippen LogP contribution in [-0.2, 0) is 6.18 Å². The summed E-state index contributed by atoms with van der Waals surface area (Å²) in [5.41, 5.74) is 13.2. The minimum atomic E-state index is -4.53. The largest absolute Gasteiger partial charge is 0.416 e. The topological polar surface area (TPSA) is 124 Å². The molecule has 0 spiro atoms. The molecule has 0 fully saturated rings. The van der Waals surface area contributed by atoms with Crippen molar-refractivity contribution in [1.29, 1.82) is 0 Å². The third-order valence-electron chi connectivity index (χ3n) is 4.77. The van der Waals surface area contributed by atoms with Gasteiger partial charge in [0.2, 0.25) is 0 Å². The molecular weight excluding hydrogens is 423 g/mol. The summed E-state index contributed by atoms with van der Waals surface area (Å²) in [6, 6.07) is 7.62. The van der Waals surface area contributed by atoms with Gasteiger partial charge in [-0.15, -0.1) is 0 Å². The summed E-state index contributed by atoms with van der Waals surface area (Å²) in [6.45, 7) is 1.80. The number of hydrogen-bond acceptors (Lipinski definition) is 6. The first-order chi connectivity index (χ1) is 15.1. The lowest BCUT2D eigenvalue weighted by Crippen LogP contribution is -2.14. The Morgan fingerprint density at radius 1 is 1.12 bits per heavy atom. The lowest BCUT2D eigenvalue weighted by atomic mass is 10.1. The Balaban J connectivity index is 1.63. The molecule has 1 amide bonds. The number of nitrogens with one attached hydrogen (secondary N) is 1. The van der Waals surface area contributed by atoms with E-state index in [1.165, 1.54) is 12.1 Å². The van der Waals surface area contributed by atoms with Crippen molar-refractivity contribution in [2.24, 2.45) is 5.73 Å². The van der Waals surface area contributed by atoms with Gasteiger partial charge in [0.1, 0.15) is 28.7 Å². The number of imidazole rings is 1. The van der Waals surface area contributed by atoms with E-state index in [0.717, 1.165) is 18.3 Å². The number of benzene rings is 1. The second-order valence-electron chi connectivity index (χ2n) is 7.10. The van der Waals surface area contributed by atoms with Gasteiger partial charge < -0.3 is 16.8 Å². The van der Waals surface area contributed by atoms with Gasteiger partial charge >= 0.3 is 6.18 Å². The van der Waals surface area contributed by atoms with Crippen LogP contribution in [0.1, 0.15) is 34.7 Å². The maximum Gasteiger partial charge on any atom is 0.416 e. The Morgan fingerprint density at radius 3 is 2.50 bits per heavy atom. The Hall–Kier alpha value is -3.99. The fourth-order valence-electron chi connectivity index (χ4n) is 3.25. The minimum absolute atomic E-state index is 0.200. The van der Waals surface area contributed by atoms with Gasteiger partial charge in [0.15, 0.2) is 0 Å². The highest BCUT2D eigenvalue weighted by atomic mass is 19.4. The van der Waals surface area contributed by atoms with Crippen molar-refractivity contribution in [3.63, 3.8) is 0 Å². The van der Waals surface area contributed by atoms with Crippen molar-refractivity contribution < 1.29 is 18.0 Å². The number of nitrogen functional groups attached to an aromatic ring is 1. The number of aromatic nitrogens is 4. The summed E-state index contributed by atoms with van der Waals surface area (Å²) in [5.74, 6) is 0.0748. The molecule has 4 rings (SSSR count). The number of pyridine rings is 1. The number of carbonyl (C=O) groups excluding carboxylic acids is 1. The van der Waals surface area contributed by atoms with E-state index >= 15 is 0 Å². The number of nitrogens with zero attached hydrogens (tertiary/aromatic N) is 4. The molecule has 5 N–H and O–H groups in total. The first-order valence-electron chi connectivity index (χ1n) is 9.48. The van der Waals surface area contributed by atoms with Crippen molar-refractivity contribution in [3.8, 4) is 11.3 Å². The fraction of sp³-hybridized carbons (Fsp3) is 0.143. The third kappa shape index (κ3) is 3.97. The Kier molecular flexibility index (Phi) is 5.26. The van der Waals surface area contributed by atoms with Gasteiger partial charge in [-0.05, 0) is 31.2 Å². The van der Waals surface area contributed by atoms with E-state index < -0.39 is 17.6 Å². The van der Waals surface area contributed by atoms with Gasteiger partial charge in [-0.2, -0.15) is 13.2 Å². The molecule has 1 atom stereocenters. The van der Waals surface area contributed by atoms with Gasteiger partial charge in [0, 0.05) is 29.7 Å². The van der Waals surface area contributed by atoms with E-state index in [4.69, 9.17) is 11.5 Å². The molecule has 3 aromatic heterocycles. The summed E-state index contributed by atoms with van der Waals surface area (Å²) < 4.78 is 40.3. The normalized spacial score (nSPS) is 12.7. The number of hydrogen-bond donors (Lipinski definition) is 3. The zero-order valence-corrected chi connectivity index (χ0v) is 16.8. The lowest BCUT2D eigenvalue weighted by Gasteiger charge is -2.09. The molecule has 0 aliphatic rings. The molecular formula is C21H18F3N7O. The number of fused-ring (bicyclic) bond motifs is 1. The minimum Gasteiger partial charge on any atom is -0.382 e. The van der Waals surface area contributed by atoms with Crippen LogP contribution in [0.2, 0.25) is 0 Å². The summed E-state index contributed by atoms with van der Waals surface area (Å²) in [6.07, 6.45) is -0.284. The number of halogens is 3. The van der Waals surface area contributed by atoms with E-state index in [1.807, 2.05) is 0 Å². The van der Waals surface area contributed by atoms with Crippen LogP contribution >= 0.6 is 0 Å². The zero-order valence-electron chi connectivity index (χ0n) is 16.8. The third-order valence-corrected chi connectivity index (χ3v) is 4.77. The van der Waals surface area contributed by atoms with Gasteiger partial charge in [0.25, 0.3) is 5.91 Å². The Morgan fingerprint density at radius 2 is 1.84 bits per heavy atom. The quantitative estimate of drug-likeness (QED) is 0.444. The molecule has 0 bridgehead atoms.